The molecular formula is C13H20O. The Morgan fingerprint density at radius 3 is 2.36 bits per heavy atom. The summed E-state index contributed by atoms with van der Waals surface area (Å²) in [5.74, 6) is 0. The lowest BCUT2D eigenvalue weighted by molar-refractivity contribution is -0.00732. The highest BCUT2D eigenvalue weighted by Gasteiger charge is 2.72. The molecule has 0 aromatic rings. The highest BCUT2D eigenvalue weighted by molar-refractivity contribution is 5.47. The summed E-state index contributed by atoms with van der Waals surface area (Å²) < 4.78 is 0. The van der Waals surface area contributed by atoms with Crippen molar-refractivity contribution in [2.24, 2.45) is 16.2 Å². The quantitative estimate of drug-likeness (QED) is 0.667. The fourth-order valence-corrected chi connectivity index (χ4v) is 3.70. The Morgan fingerprint density at radius 1 is 1.36 bits per heavy atom. The van der Waals surface area contributed by atoms with E-state index in [1.807, 2.05) is 6.08 Å². The summed E-state index contributed by atoms with van der Waals surface area (Å²) in [5.41, 5.74) is 2.18. The summed E-state index contributed by atoms with van der Waals surface area (Å²) in [7, 11) is 0. The molecule has 0 aromatic heterocycles. The largest absolute Gasteiger partial charge is 0.392 e. The van der Waals surface area contributed by atoms with Gasteiger partial charge in [-0.25, -0.2) is 0 Å². The molecule has 2 atom stereocenters. The molecule has 0 amide bonds. The number of aliphatic hydroxyl groups excluding tert-OH is 1. The van der Waals surface area contributed by atoms with Crippen molar-refractivity contribution in [3.8, 4) is 0 Å². The summed E-state index contributed by atoms with van der Waals surface area (Å²) >= 11 is 0. The molecule has 1 heteroatoms. The predicted octanol–water partition coefficient (Wildman–Crippen LogP) is 2.92. The van der Waals surface area contributed by atoms with E-state index in [2.05, 4.69) is 33.4 Å². The molecular weight excluding hydrogens is 172 g/mol. The third-order valence-electron chi connectivity index (χ3n) is 5.23. The van der Waals surface area contributed by atoms with Crippen LogP contribution in [0.3, 0.4) is 0 Å². The van der Waals surface area contributed by atoms with Gasteiger partial charge in [-0.2, -0.15) is 0 Å². The van der Waals surface area contributed by atoms with Gasteiger partial charge < -0.3 is 5.11 Å². The van der Waals surface area contributed by atoms with Crippen LogP contribution >= 0.6 is 0 Å². The molecule has 0 saturated heterocycles. The van der Waals surface area contributed by atoms with Crippen LogP contribution in [-0.4, -0.2) is 11.7 Å². The number of fused-ring (bicyclic) bond motifs is 1. The van der Waals surface area contributed by atoms with Gasteiger partial charge in [0.1, 0.15) is 0 Å². The normalized spacial score (nSPS) is 44.4. The second kappa shape index (κ2) is 2.52. The van der Waals surface area contributed by atoms with Crippen LogP contribution in [0, 0.1) is 16.2 Å². The van der Waals surface area contributed by atoms with Gasteiger partial charge in [0.05, 0.1) is 6.61 Å². The number of rotatable bonds is 2. The molecule has 3 saturated carbocycles. The second-order valence-corrected chi connectivity index (χ2v) is 5.49. The van der Waals surface area contributed by atoms with Crippen molar-refractivity contribution in [3.63, 3.8) is 0 Å². The molecule has 0 spiro atoms. The second-order valence-electron chi connectivity index (χ2n) is 5.49. The molecule has 0 radical (unpaired) electrons. The van der Waals surface area contributed by atoms with Crippen molar-refractivity contribution in [3.05, 3.63) is 24.3 Å². The Morgan fingerprint density at radius 2 is 2.00 bits per heavy atom. The molecule has 3 aliphatic rings. The molecule has 14 heavy (non-hydrogen) atoms. The van der Waals surface area contributed by atoms with Crippen LogP contribution in [0.15, 0.2) is 24.3 Å². The number of aliphatic hydroxyl groups is 1. The zero-order chi connectivity index (χ0) is 10.6. The Balaban J connectivity index is 2.39. The average molecular weight is 192 g/mol. The minimum atomic E-state index is 0.141. The van der Waals surface area contributed by atoms with Gasteiger partial charge in [-0.05, 0) is 23.7 Å². The van der Waals surface area contributed by atoms with Crippen molar-refractivity contribution < 1.29 is 5.11 Å². The summed E-state index contributed by atoms with van der Waals surface area (Å²) in [5, 5.41) is 8.86. The molecule has 1 nitrogen and oxygen atoms in total. The van der Waals surface area contributed by atoms with E-state index in [-0.39, 0.29) is 12.0 Å². The van der Waals surface area contributed by atoms with E-state index < -0.39 is 0 Å². The standard InChI is InChI=1S/C13H20O/c1-10-12(4)7-8-13(10,6-5-9-14)11(12,2)3/h5-6,14H,1,7-9H2,2-4H3/b6-5+. The Hall–Kier alpha value is -0.560. The first-order chi connectivity index (χ1) is 6.42. The smallest absolute Gasteiger partial charge is 0.0612 e. The van der Waals surface area contributed by atoms with Crippen LogP contribution < -0.4 is 0 Å². The summed E-state index contributed by atoms with van der Waals surface area (Å²) in [6.07, 6.45) is 6.50. The van der Waals surface area contributed by atoms with E-state index in [1.165, 1.54) is 18.4 Å². The molecule has 1 N–H and O–H groups in total. The fraction of sp³-hybridized carbons (Fsp3) is 0.692. The Bertz CT molecular complexity index is 313. The predicted molar refractivity (Wildman–Crippen MR) is 58.9 cm³/mol. The highest BCUT2D eigenvalue weighted by Crippen LogP contribution is 2.80. The van der Waals surface area contributed by atoms with E-state index in [0.29, 0.717) is 10.8 Å². The maximum absolute atomic E-state index is 8.86. The van der Waals surface area contributed by atoms with Crippen LogP contribution in [-0.2, 0) is 0 Å². The summed E-state index contributed by atoms with van der Waals surface area (Å²) in [6.45, 7) is 11.4. The SMILES string of the molecule is C=C1C2(C)CCC1(/C=C/CO)C2(C)C. The fourth-order valence-electron chi connectivity index (χ4n) is 3.70. The van der Waals surface area contributed by atoms with Gasteiger partial charge >= 0.3 is 0 Å². The molecule has 78 valence electrons. The van der Waals surface area contributed by atoms with Crippen LogP contribution in [0.4, 0.5) is 0 Å². The topological polar surface area (TPSA) is 20.2 Å². The van der Waals surface area contributed by atoms with E-state index in [4.69, 9.17) is 5.11 Å². The first-order valence-corrected chi connectivity index (χ1v) is 5.41. The van der Waals surface area contributed by atoms with Gasteiger partial charge in [-0.15, -0.1) is 0 Å². The van der Waals surface area contributed by atoms with E-state index in [9.17, 15) is 0 Å². The first kappa shape index (κ1) is 9.97. The minimum absolute atomic E-state index is 0.141. The Labute approximate surface area is 86.5 Å². The van der Waals surface area contributed by atoms with Crippen LogP contribution in [0.5, 0.6) is 0 Å². The lowest BCUT2D eigenvalue weighted by Gasteiger charge is -2.62. The van der Waals surface area contributed by atoms with Gasteiger partial charge in [0, 0.05) is 5.41 Å². The lowest BCUT2D eigenvalue weighted by Crippen LogP contribution is -2.55. The van der Waals surface area contributed by atoms with E-state index in [0.717, 1.165) is 0 Å². The van der Waals surface area contributed by atoms with E-state index in [1.54, 1.807) is 0 Å². The van der Waals surface area contributed by atoms with Crippen LogP contribution in [0.25, 0.3) is 0 Å². The van der Waals surface area contributed by atoms with Gasteiger partial charge in [0.25, 0.3) is 0 Å². The first-order valence-electron chi connectivity index (χ1n) is 5.41. The van der Waals surface area contributed by atoms with E-state index >= 15 is 0 Å². The monoisotopic (exact) mass is 192 g/mol. The lowest BCUT2D eigenvalue weighted by atomic mass is 9.41. The molecule has 3 aliphatic carbocycles. The molecule has 2 bridgehead atoms. The Kier molecular flexibility index (Phi) is 1.79. The maximum atomic E-state index is 8.86. The van der Waals surface area contributed by atoms with Crippen LogP contribution in [0.2, 0.25) is 0 Å². The molecule has 2 unspecified atom stereocenters. The minimum Gasteiger partial charge on any atom is -0.392 e. The molecule has 0 aliphatic heterocycles. The third kappa shape index (κ3) is 0.726. The van der Waals surface area contributed by atoms with Gasteiger partial charge in [-0.1, -0.05) is 45.1 Å². The zero-order valence-electron chi connectivity index (χ0n) is 9.43. The van der Waals surface area contributed by atoms with Gasteiger partial charge in [-0.3, -0.25) is 0 Å². The van der Waals surface area contributed by atoms with Crippen molar-refractivity contribution in [2.45, 2.75) is 33.6 Å². The summed E-state index contributed by atoms with van der Waals surface area (Å²) in [6, 6.07) is 0. The van der Waals surface area contributed by atoms with Crippen molar-refractivity contribution in [1.29, 1.82) is 0 Å². The molecule has 3 fully saturated rings. The summed E-state index contributed by atoms with van der Waals surface area (Å²) in [4.78, 5) is 0. The third-order valence-corrected chi connectivity index (χ3v) is 5.23. The number of hydrogen-bond donors (Lipinski definition) is 1. The van der Waals surface area contributed by atoms with Crippen molar-refractivity contribution >= 4 is 0 Å². The number of hydrogen-bond acceptors (Lipinski definition) is 1. The van der Waals surface area contributed by atoms with Gasteiger partial charge in [0.2, 0.25) is 0 Å². The van der Waals surface area contributed by atoms with Crippen LogP contribution in [0.1, 0.15) is 33.6 Å². The number of allylic oxidation sites excluding steroid dienone is 2. The average Bonchev–Trinajstić information content (AvgIpc) is 2.52. The molecule has 3 rings (SSSR count). The molecule has 0 heterocycles. The van der Waals surface area contributed by atoms with Crippen molar-refractivity contribution in [2.75, 3.05) is 6.61 Å². The highest BCUT2D eigenvalue weighted by atomic mass is 16.2. The maximum Gasteiger partial charge on any atom is 0.0612 e. The molecule has 0 aromatic carbocycles. The van der Waals surface area contributed by atoms with Gasteiger partial charge in [0.15, 0.2) is 0 Å². The van der Waals surface area contributed by atoms with Crippen molar-refractivity contribution in [1.82, 2.24) is 0 Å². The zero-order valence-corrected chi connectivity index (χ0v) is 9.43.